The van der Waals surface area contributed by atoms with Crippen molar-refractivity contribution >= 4 is 5.91 Å². The van der Waals surface area contributed by atoms with Gasteiger partial charge >= 0.3 is 0 Å². The number of carbonyl (C=O) groups is 1. The van der Waals surface area contributed by atoms with E-state index in [9.17, 15) is 4.79 Å². The standard InChI is InChI=1S/C20H18N4O2/c1-24(12-17-8-14-4-2-3-5-19(14)26-17)20(25)15-6-7-23-18(9-15)16-10-21-13-22-11-16/h2-7,9-11,13,17H,8,12H2,1H3/t17-/m1/s1. The van der Waals surface area contributed by atoms with Gasteiger partial charge in [-0.1, -0.05) is 18.2 Å². The van der Waals surface area contributed by atoms with E-state index in [1.165, 1.54) is 11.9 Å². The average molecular weight is 346 g/mol. The van der Waals surface area contributed by atoms with Crippen molar-refractivity contribution in [3.8, 4) is 17.0 Å². The molecule has 0 spiro atoms. The molecule has 6 heteroatoms. The van der Waals surface area contributed by atoms with Gasteiger partial charge in [-0.3, -0.25) is 9.78 Å². The molecular weight excluding hydrogens is 328 g/mol. The first-order valence-corrected chi connectivity index (χ1v) is 8.42. The third-order valence-electron chi connectivity index (χ3n) is 4.40. The van der Waals surface area contributed by atoms with Crippen LogP contribution in [0, 0.1) is 0 Å². The quantitative estimate of drug-likeness (QED) is 0.726. The number of fused-ring (bicyclic) bond motifs is 1. The van der Waals surface area contributed by atoms with Crippen LogP contribution in [-0.4, -0.2) is 45.5 Å². The van der Waals surface area contributed by atoms with E-state index in [0.29, 0.717) is 17.8 Å². The van der Waals surface area contributed by atoms with Gasteiger partial charge in [0, 0.05) is 43.2 Å². The molecule has 0 aliphatic carbocycles. The highest BCUT2D eigenvalue weighted by molar-refractivity contribution is 5.95. The third-order valence-corrected chi connectivity index (χ3v) is 4.40. The van der Waals surface area contributed by atoms with Crippen LogP contribution >= 0.6 is 0 Å². The lowest BCUT2D eigenvalue weighted by molar-refractivity contribution is 0.0730. The fourth-order valence-electron chi connectivity index (χ4n) is 3.12. The van der Waals surface area contributed by atoms with Gasteiger partial charge in [-0.05, 0) is 23.8 Å². The van der Waals surface area contributed by atoms with Crippen molar-refractivity contribution in [1.29, 1.82) is 0 Å². The Morgan fingerprint density at radius 3 is 2.85 bits per heavy atom. The summed E-state index contributed by atoms with van der Waals surface area (Å²) < 4.78 is 5.93. The lowest BCUT2D eigenvalue weighted by Gasteiger charge is -2.21. The van der Waals surface area contributed by atoms with E-state index < -0.39 is 0 Å². The zero-order valence-electron chi connectivity index (χ0n) is 14.4. The molecule has 0 unspecified atom stereocenters. The van der Waals surface area contributed by atoms with Crippen LogP contribution in [0.3, 0.4) is 0 Å². The average Bonchev–Trinajstić information content (AvgIpc) is 3.10. The van der Waals surface area contributed by atoms with Crippen LogP contribution in [0.2, 0.25) is 0 Å². The van der Waals surface area contributed by atoms with Gasteiger partial charge in [0.2, 0.25) is 0 Å². The number of hydrogen-bond donors (Lipinski definition) is 0. The van der Waals surface area contributed by atoms with Gasteiger partial charge in [-0.2, -0.15) is 0 Å². The van der Waals surface area contributed by atoms with Gasteiger partial charge in [0.05, 0.1) is 12.2 Å². The third kappa shape index (κ3) is 3.26. The summed E-state index contributed by atoms with van der Waals surface area (Å²) in [5.74, 6) is 0.846. The van der Waals surface area contributed by atoms with Gasteiger partial charge in [0.25, 0.3) is 5.91 Å². The summed E-state index contributed by atoms with van der Waals surface area (Å²) in [6.07, 6.45) is 7.24. The second-order valence-electron chi connectivity index (χ2n) is 6.29. The van der Waals surface area contributed by atoms with E-state index in [1.54, 1.807) is 42.7 Å². The normalized spacial score (nSPS) is 15.2. The molecule has 130 valence electrons. The molecule has 0 fully saturated rings. The Kier molecular flexibility index (Phi) is 4.31. The topological polar surface area (TPSA) is 68.2 Å². The molecule has 0 saturated heterocycles. The minimum absolute atomic E-state index is 0.0230. The molecule has 2 aromatic heterocycles. The van der Waals surface area contributed by atoms with Gasteiger partial charge in [-0.15, -0.1) is 0 Å². The van der Waals surface area contributed by atoms with Crippen molar-refractivity contribution in [2.45, 2.75) is 12.5 Å². The summed E-state index contributed by atoms with van der Waals surface area (Å²) in [5, 5.41) is 0. The summed E-state index contributed by atoms with van der Waals surface area (Å²) in [4.78, 5) is 26.8. The number of pyridine rings is 1. The fraction of sp³-hybridized carbons (Fsp3) is 0.200. The maximum Gasteiger partial charge on any atom is 0.253 e. The molecule has 3 heterocycles. The number of para-hydroxylation sites is 1. The summed E-state index contributed by atoms with van der Waals surface area (Å²) in [5.41, 5.74) is 3.22. The Morgan fingerprint density at radius 2 is 2.04 bits per heavy atom. The second-order valence-corrected chi connectivity index (χ2v) is 6.29. The van der Waals surface area contributed by atoms with E-state index in [1.807, 2.05) is 18.2 Å². The van der Waals surface area contributed by atoms with E-state index in [0.717, 1.165) is 17.7 Å². The van der Waals surface area contributed by atoms with Crippen molar-refractivity contribution in [3.63, 3.8) is 0 Å². The number of rotatable bonds is 4. The molecule has 0 radical (unpaired) electrons. The second kappa shape index (κ2) is 6.92. The molecule has 0 saturated carbocycles. The van der Waals surface area contributed by atoms with Crippen molar-refractivity contribution in [2.24, 2.45) is 0 Å². The van der Waals surface area contributed by atoms with Crippen LogP contribution in [0.4, 0.5) is 0 Å². The predicted octanol–water partition coefficient (Wildman–Crippen LogP) is 2.61. The smallest absolute Gasteiger partial charge is 0.253 e. The number of aromatic nitrogens is 3. The van der Waals surface area contributed by atoms with Crippen molar-refractivity contribution in [3.05, 3.63) is 72.4 Å². The fourth-order valence-corrected chi connectivity index (χ4v) is 3.12. The lowest BCUT2D eigenvalue weighted by atomic mass is 10.1. The molecule has 0 N–H and O–H groups in total. The summed E-state index contributed by atoms with van der Waals surface area (Å²) in [6, 6.07) is 11.5. The molecule has 0 bridgehead atoms. The summed E-state index contributed by atoms with van der Waals surface area (Å²) in [7, 11) is 1.79. The predicted molar refractivity (Wildman–Crippen MR) is 96.8 cm³/mol. The Bertz CT molecular complexity index is 905. The SMILES string of the molecule is CN(C[C@H]1Cc2ccccc2O1)C(=O)c1ccnc(-c2cncnc2)c1. The molecule has 1 aliphatic heterocycles. The first-order valence-electron chi connectivity index (χ1n) is 8.42. The van der Waals surface area contributed by atoms with E-state index in [2.05, 4.69) is 21.0 Å². The molecule has 6 nitrogen and oxygen atoms in total. The molecule has 26 heavy (non-hydrogen) atoms. The number of likely N-dealkylation sites (N-methyl/N-ethyl adjacent to an activating group) is 1. The molecular formula is C20H18N4O2. The summed E-state index contributed by atoms with van der Waals surface area (Å²) in [6.45, 7) is 0.527. The Balaban J connectivity index is 1.46. The van der Waals surface area contributed by atoms with Crippen LogP contribution in [0.5, 0.6) is 5.75 Å². The molecule has 1 aromatic carbocycles. The van der Waals surface area contributed by atoms with E-state index >= 15 is 0 Å². The number of amides is 1. The Hall–Kier alpha value is -3.28. The number of nitrogens with zero attached hydrogens (tertiary/aromatic N) is 4. The first kappa shape index (κ1) is 16.2. The zero-order chi connectivity index (χ0) is 17.9. The van der Waals surface area contributed by atoms with Gasteiger partial charge in [0.15, 0.2) is 0 Å². The molecule has 4 rings (SSSR count). The Labute approximate surface area is 151 Å². The largest absolute Gasteiger partial charge is 0.488 e. The highest BCUT2D eigenvalue weighted by Crippen LogP contribution is 2.28. The monoisotopic (exact) mass is 346 g/mol. The van der Waals surface area contributed by atoms with Gasteiger partial charge in [0.1, 0.15) is 18.2 Å². The highest BCUT2D eigenvalue weighted by Gasteiger charge is 2.25. The molecule has 3 aromatic rings. The summed E-state index contributed by atoms with van der Waals surface area (Å²) >= 11 is 0. The molecule has 1 aliphatic rings. The number of ether oxygens (including phenoxy) is 1. The number of carbonyl (C=O) groups excluding carboxylic acids is 1. The first-order chi connectivity index (χ1) is 12.7. The van der Waals surface area contributed by atoms with Crippen LogP contribution in [0.1, 0.15) is 15.9 Å². The van der Waals surface area contributed by atoms with Crippen molar-refractivity contribution < 1.29 is 9.53 Å². The van der Waals surface area contributed by atoms with Crippen LogP contribution in [-0.2, 0) is 6.42 Å². The molecule has 1 atom stereocenters. The van der Waals surface area contributed by atoms with Crippen molar-refractivity contribution in [1.82, 2.24) is 19.9 Å². The zero-order valence-corrected chi connectivity index (χ0v) is 14.4. The van der Waals surface area contributed by atoms with Crippen LogP contribution < -0.4 is 4.74 Å². The highest BCUT2D eigenvalue weighted by atomic mass is 16.5. The maximum absolute atomic E-state index is 12.8. The van der Waals surface area contributed by atoms with Crippen LogP contribution in [0.25, 0.3) is 11.3 Å². The minimum Gasteiger partial charge on any atom is -0.488 e. The lowest BCUT2D eigenvalue weighted by Crippen LogP contribution is -2.36. The molecule has 1 amide bonds. The number of hydrogen-bond acceptors (Lipinski definition) is 5. The number of benzene rings is 1. The van der Waals surface area contributed by atoms with E-state index in [4.69, 9.17) is 4.74 Å². The maximum atomic E-state index is 12.8. The Morgan fingerprint density at radius 1 is 1.23 bits per heavy atom. The van der Waals surface area contributed by atoms with Gasteiger partial charge in [-0.25, -0.2) is 9.97 Å². The van der Waals surface area contributed by atoms with Gasteiger partial charge < -0.3 is 9.64 Å². The van der Waals surface area contributed by atoms with Crippen LogP contribution in [0.15, 0.2) is 61.3 Å². The van der Waals surface area contributed by atoms with Crippen molar-refractivity contribution in [2.75, 3.05) is 13.6 Å². The minimum atomic E-state index is -0.0648. The van der Waals surface area contributed by atoms with E-state index in [-0.39, 0.29) is 12.0 Å².